The second-order valence-corrected chi connectivity index (χ2v) is 6.73. The number of nitrogens with one attached hydrogen (secondary N) is 2. The molecule has 1 aromatic carbocycles. The Morgan fingerprint density at radius 1 is 1.15 bits per heavy atom. The van der Waals surface area contributed by atoms with Crippen LogP contribution in [0.4, 0.5) is 5.69 Å². The first-order valence-corrected chi connectivity index (χ1v) is 7.40. The molecule has 1 rings (SSSR count). The topological polar surface area (TPSA) is 41.1 Å². The van der Waals surface area contributed by atoms with Gasteiger partial charge in [-0.1, -0.05) is 46.8 Å². The Hall–Kier alpha value is -1.35. The van der Waals surface area contributed by atoms with Crippen molar-refractivity contribution in [2.45, 2.75) is 46.5 Å². The summed E-state index contributed by atoms with van der Waals surface area (Å²) in [7, 11) is 0. The third-order valence-corrected chi connectivity index (χ3v) is 3.22. The lowest BCUT2D eigenvalue weighted by Crippen LogP contribution is -2.29. The van der Waals surface area contributed by atoms with Gasteiger partial charge in [-0.3, -0.25) is 4.79 Å². The van der Waals surface area contributed by atoms with Crippen LogP contribution in [-0.2, 0) is 10.2 Å². The van der Waals surface area contributed by atoms with Gasteiger partial charge in [-0.15, -0.1) is 0 Å². The van der Waals surface area contributed by atoms with Crippen molar-refractivity contribution in [2.75, 3.05) is 18.4 Å². The van der Waals surface area contributed by atoms with Crippen molar-refractivity contribution in [3.63, 3.8) is 0 Å². The molecular weight excluding hydrogens is 248 g/mol. The summed E-state index contributed by atoms with van der Waals surface area (Å²) in [4.78, 5) is 11.8. The van der Waals surface area contributed by atoms with Gasteiger partial charge in [-0.2, -0.15) is 0 Å². The van der Waals surface area contributed by atoms with E-state index in [0.29, 0.717) is 12.5 Å². The monoisotopic (exact) mass is 276 g/mol. The molecule has 3 heteroatoms. The van der Waals surface area contributed by atoms with Crippen LogP contribution in [-0.4, -0.2) is 19.0 Å². The maximum absolute atomic E-state index is 11.8. The molecule has 0 spiro atoms. The molecule has 0 aromatic heterocycles. The van der Waals surface area contributed by atoms with E-state index in [9.17, 15) is 4.79 Å². The number of amides is 1. The van der Waals surface area contributed by atoms with Crippen LogP contribution in [0.3, 0.4) is 0 Å². The van der Waals surface area contributed by atoms with Crippen LogP contribution in [0.1, 0.15) is 46.6 Å². The van der Waals surface area contributed by atoms with Gasteiger partial charge >= 0.3 is 0 Å². The van der Waals surface area contributed by atoms with Crippen molar-refractivity contribution in [1.82, 2.24) is 5.32 Å². The van der Waals surface area contributed by atoms with E-state index in [1.165, 1.54) is 5.56 Å². The molecule has 0 aliphatic carbocycles. The summed E-state index contributed by atoms with van der Waals surface area (Å²) < 4.78 is 0. The lowest BCUT2D eigenvalue weighted by atomic mass is 9.87. The molecule has 0 atom stereocenters. The minimum Gasteiger partial charge on any atom is -0.325 e. The van der Waals surface area contributed by atoms with Crippen molar-refractivity contribution in [3.05, 3.63) is 29.8 Å². The van der Waals surface area contributed by atoms with Gasteiger partial charge in [-0.05, 0) is 42.0 Å². The van der Waals surface area contributed by atoms with E-state index in [1.807, 2.05) is 12.1 Å². The molecule has 0 bridgehead atoms. The summed E-state index contributed by atoms with van der Waals surface area (Å²) in [5, 5.41) is 6.07. The molecule has 0 aliphatic heterocycles. The molecule has 2 N–H and O–H groups in total. The number of hydrogen-bond donors (Lipinski definition) is 2. The second-order valence-electron chi connectivity index (χ2n) is 6.73. The predicted octanol–water partition coefficient (Wildman–Crippen LogP) is 3.56. The van der Waals surface area contributed by atoms with Crippen LogP contribution in [0.15, 0.2) is 24.3 Å². The first-order chi connectivity index (χ1) is 9.29. The van der Waals surface area contributed by atoms with E-state index >= 15 is 0 Å². The first kappa shape index (κ1) is 16.7. The highest BCUT2D eigenvalue weighted by Crippen LogP contribution is 2.23. The highest BCUT2D eigenvalue weighted by Gasteiger charge is 2.13. The molecule has 0 aliphatic rings. The molecule has 1 amide bonds. The molecular formula is C17H28N2O. The zero-order valence-electron chi connectivity index (χ0n) is 13.4. The van der Waals surface area contributed by atoms with Crippen LogP contribution in [0.25, 0.3) is 0 Å². The number of rotatable bonds is 6. The molecule has 3 nitrogen and oxygen atoms in total. The minimum atomic E-state index is 0.0114. The summed E-state index contributed by atoms with van der Waals surface area (Å²) in [6.45, 7) is 12.1. The third kappa shape index (κ3) is 6.20. The summed E-state index contributed by atoms with van der Waals surface area (Å²) in [6, 6.07) is 8.07. The van der Waals surface area contributed by atoms with E-state index < -0.39 is 0 Å². The first-order valence-electron chi connectivity index (χ1n) is 7.40. The normalized spacial score (nSPS) is 11.7. The van der Waals surface area contributed by atoms with Gasteiger partial charge in [0.25, 0.3) is 0 Å². The summed E-state index contributed by atoms with van der Waals surface area (Å²) >= 11 is 0. The van der Waals surface area contributed by atoms with Crippen molar-refractivity contribution in [1.29, 1.82) is 0 Å². The van der Waals surface area contributed by atoms with Gasteiger partial charge in [0.1, 0.15) is 0 Å². The third-order valence-electron chi connectivity index (χ3n) is 3.22. The lowest BCUT2D eigenvalue weighted by Gasteiger charge is -2.19. The Kier molecular flexibility index (Phi) is 6.21. The highest BCUT2D eigenvalue weighted by molar-refractivity contribution is 5.92. The van der Waals surface area contributed by atoms with Gasteiger partial charge in [0.15, 0.2) is 0 Å². The van der Waals surface area contributed by atoms with Gasteiger partial charge in [0, 0.05) is 5.69 Å². The molecule has 1 aromatic rings. The van der Waals surface area contributed by atoms with E-state index in [2.05, 4.69) is 57.4 Å². The molecule has 0 saturated heterocycles. The Morgan fingerprint density at radius 3 is 2.25 bits per heavy atom. The number of benzene rings is 1. The standard InChI is InChI=1S/C17H28N2O/c1-13(2)10-11-18-12-16(20)19-15-8-6-14(7-9-15)17(3,4)5/h6-9,13,18H,10-12H2,1-5H3,(H,19,20). The Balaban J connectivity index is 2.39. The maximum atomic E-state index is 11.8. The smallest absolute Gasteiger partial charge is 0.238 e. The van der Waals surface area contributed by atoms with Crippen molar-refractivity contribution >= 4 is 11.6 Å². The van der Waals surface area contributed by atoms with E-state index in [0.717, 1.165) is 18.7 Å². The minimum absolute atomic E-state index is 0.0114. The average molecular weight is 276 g/mol. The van der Waals surface area contributed by atoms with Crippen LogP contribution < -0.4 is 10.6 Å². The van der Waals surface area contributed by atoms with Crippen LogP contribution in [0.2, 0.25) is 0 Å². The maximum Gasteiger partial charge on any atom is 0.238 e. The van der Waals surface area contributed by atoms with Gasteiger partial charge in [0.2, 0.25) is 5.91 Å². The molecule has 0 fully saturated rings. The van der Waals surface area contributed by atoms with Crippen molar-refractivity contribution < 1.29 is 4.79 Å². The average Bonchev–Trinajstić information content (AvgIpc) is 2.34. The Morgan fingerprint density at radius 2 is 1.75 bits per heavy atom. The molecule has 20 heavy (non-hydrogen) atoms. The Labute approximate surface area is 123 Å². The van der Waals surface area contributed by atoms with Crippen molar-refractivity contribution in [3.8, 4) is 0 Å². The molecule has 112 valence electrons. The number of hydrogen-bond acceptors (Lipinski definition) is 2. The lowest BCUT2D eigenvalue weighted by molar-refractivity contribution is -0.115. The zero-order valence-corrected chi connectivity index (χ0v) is 13.4. The molecule has 0 unspecified atom stereocenters. The van der Waals surface area contributed by atoms with Gasteiger partial charge < -0.3 is 10.6 Å². The molecule has 0 radical (unpaired) electrons. The summed E-state index contributed by atoms with van der Waals surface area (Å²) in [6.07, 6.45) is 1.09. The highest BCUT2D eigenvalue weighted by atomic mass is 16.1. The van der Waals surface area contributed by atoms with E-state index in [1.54, 1.807) is 0 Å². The molecule has 0 heterocycles. The van der Waals surface area contributed by atoms with Crippen molar-refractivity contribution in [2.24, 2.45) is 5.92 Å². The SMILES string of the molecule is CC(C)CCNCC(=O)Nc1ccc(C(C)(C)C)cc1. The summed E-state index contributed by atoms with van der Waals surface area (Å²) in [5.41, 5.74) is 2.26. The van der Waals surface area contributed by atoms with Crippen LogP contribution in [0.5, 0.6) is 0 Å². The van der Waals surface area contributed by atoms with E-state index in [4.69, 9.17) is 0 Å². The van der Waals surface area contributed by atoms with Crippen LogP contribution >= 0.6 is 0 Å². The van der Waals surface area contributed by atoms with Gasteiger partial charge in [0.05, 0.1) is 6.54 Å². The fourth-order valence-corrected chi connectivity index (χ4v) is 1.85. The number of carbonyl (C=O) groups excluding carboxylic acids is 1. The van der Waals surface area contributed by atoms with E-state index in [-0.39, 0.29) is 11.3 Å². The zero-order chi connectivity index (χ0) is 15.2. The van der Waals surface area contributed by atoms with Gasteiger partial charge in [-0.25, -0.2) is 0 Å². The van der Waals surface area contributed by atoms with Crippen LogP contribution in [0, 0.1) is 5.92 Å². The second kappa shape index (κ2) is 7.44. The quantitative estimate of drug-likeness (QED) is 0.780. The predicted molar refractivity (Wildman–Crippen MR) is 86.1 cm³/mol. The Bertz CT molecular complexity index is 416. The fraction of sp³-hybridized carbons (Fsp3) is 0.588. The molecule has 0 saturated carbocycles. The number of anilines is 1. The summed E-state index contributed by atoms with van der Waals surface area (Å²) in [5.74, 6) is 0.674. The largest absolute Gasteiger partial charge is 0.325 e. The number of carbonyl (C=O) groups is 1. The fourth-order valence-electron chi connectivity index (χ4n) is 1.85.